The lowest BCUT2D eigenvalue weighted by Crippen LogP contribution is -2.59. The van der Waals surface area contributed by atoms with Crippen LogP contribution in [0.3, 0.4) is 0 Å². The Morgan fingerprint density at radius 3 is 2.49 bits per heavy atom. The zero-order valence-electron chi connectivity index (χ0n) is 24.2. The SMILES string of the molecule is C[C@]12CC[C@H]3[C@@H](C[C@H](O)C4CC(O)CC[C@@]43C)[C@@H]1CC[C@H]([C@@](C)(O)CCCc1ccc(-c3ccno3)cc1)C2. The first kappa shape index (κ1) is 27.5. The van der Waals surface area contributed by atoms with E-state index in [1.54, 1.807) is 6.20 Å². The highest BCUT2D eigenvalue weighted by Gasteiger charge is 2.60. The third-order valence-corrected chi connectivity index (χ3v) is 12.4. The number of hydrogen-bond donors (Lipinski definition) is 3. The second-order valence-corrected chi connectivity index (χ2v) is 14.7. The van der Waals surface area contributed by atoms with Crippen LogP contribution in [-0.2, 0) is 6.42 Å². The van der Waals surface area contributed by atoms with Crippen LogP contribution in [0.4, 0.5) is 0 Å². The van der Waals surface area contributed by atoms with Gasteiger partial charge in [0.1, 0.15) is 0 Å². The molecule has 4 saturated carbocycles. The summed E-state index contributed by atoms with van der Waals surface area (Å²) in [6.45, 7) is 7.02. The highest BCUT2D eigenvalue weighted by atomic mass is 16.5. The molecule has 0 spiro atoms. The summed E-state index contributed by atoms with van der Waals surface area (Å²) in [6, 6.07) is 10.4. The molecule has 10 atom stereocenters. The molecule has 0 radical (unpaired) electrons. The summed E-state index contributed by atoms with van der Waals surface area (Å²) in [7, 11) is 0. The van der Waals surface area contributed by atoms with Gasteiger partial charge in [0.05, 0.1) is 24.0 Å². The van der Waals surface area contributed by atoms with Crippen molar-refractivity contribution in [1.29, 1.82) is 0 Å². The number of fused-ring (bicyclic) bond motifs is 5. The summed E-state index contributed by atoms with van der Waals surface area (Å²) in [6.07, 6.45) is 13.4. The van der Waals surface area contributed by atoms with Crippen LogP contribution in [0.5, 0.6) is 0 Å². The molecule has 39 heavy (non-hydrogen) atoms. The molecule has 3 N–H and O–H groups in total. The van der Waals surface area contributed by atoms with Gasteiger partial charge in [-0.05, 0) is 130 Å². The second-order valence-electron chi connectivity index (χ2n) is 14.7. The molecule has 1 heterocycles. The summed E-state index contributed by atoms with van der Waals surface area (Å²) >= 11 is 0. The minimum atomic E-state index is -0.646. The Kier molecular flexibility index (Phi) is 7.25. The Hall–Kier alpha value is -1.69. The van der Waals surface area contributed by atoms with Crippen molar-refractivity contribution in [3.05, 3.63) is 42.1 Å². The Bertz CT molecular complexity index is 1110. The molecule has 1 aromatic carbocycles. The molecule has 2 aromatic rings. The van der Waals surface area contributed by atoms with Crippen molar-refractivity contribution >= 4 is 0 Å². The molecular weight excluding hydrogens is 486 g/mol. The molecule has 2 unspecified atom stereocenters. The third kappa shape index (κ3) is 5.02. The smallest absolute Gasteiger partial charge is 0.166 e. The van der Waals surface area contributed by atoms with Crippen LogP contribution >= 0.6 is 0 Å². The maximum Gasteiger partial charge on any atom is 0.166 e. The van der Waals surface area contributed by atoms with Gasteiger partial charge < -0.3 is 19.8 Å². The predicted molar refractivity (Wildman–Crippen MR) is 153 cm³/mol. The Labute approximate surface area is 234 Å². The zero-order chi connectivity index (χ0) is 27.4. The van der Waals surface area contributed by atoms with Crippen LogP contribution in [-0.4, -0.2) is 38.3 Å². The fraction of sp³-hybridized carbons (Fsp3) is 0.735. The van der Waals surface area contributed by atoms with E-state index in [9.17, 15) is 15.3 Å². The third-order valence-electron chi connectivity index (χ3n) is 12.4. The largest absolute Gasteiger partial charge is 0.393 e. The number of benzene rings is 1. The van der Waals surface area contributed by atoms with E-state index in [0.717, 1.165) is 69.1 Å². The quantitative estimate of drug-likeness (QED) is 0.379. The fourth-order valence-electron chi connectivity index (χ4n) is 10.1. The lowest BCUT2D eigenvalue weighted by Gasteiger charge is -2.64. The van der Waals surface area contributed by atoms with Crippen molar-refractivity contribution in [3.8, 4) is 11.3 Å². The fourth-order valence-corrected chi connectivity index (χ4v) is 10.1. The number of nitrogens with zero attached hydrogens (tertiary/aromatic N) is 1. The average molecular weight is 536 g/mol. The van der Waals surface area contributed by atoms with Crippen molar-refractivity contribution in [2.75, 3.05) is 0 Å². The van der Waals surface area contributed by atoms with E-state index in [-0.39, 0.29) is 29.0 Å². The first-order chi connectivity index (χ1) is 18.6. The summed E-state index contributed by atoms with van der Waals surface area (Å²) in [5.41, 5.74) is 2.10. The summed E-state index contributed by atoms with van der Waals surface area (Å²) in [5.74, 6) is 3.28. The minimum absolute atomic E-state index is 0.165. The maximum absolute atomic E-state index is 11.7. The number of aromatic nitrogens is 1. The summed E-state index contributed by atoms with van der Waals surface area (Å²) in [4.78, 5) is 0. The van der Waals surface area contributed by atoms with Crippen LogP contribution < -0.4 is 0 Å². The van der Waals surface area contributed by atoms with E-state index in [1.165, 1.54) is 24.8 Å². The minimum Gasteiger partial charge on any atom is -0.393 e. The van der Waals surface area contributed by atoms with Crippen LogP contribution in [0, 0.1) is 40.4 Å². The average Bonchev–Trinajstić information content (AvgIpc) is 3.44. The lowest BCUT2D eigenvalue weighted by atomic mass is 9.41. The molecule has 5 nitrogen and oxygen atoms in total. The van der Waals surface area contributed by atoms with Crippen LogP contribution in [0.2, 0.25) is 0 Å². The predicted octanol–water partition coefficient (Wildman–Crippen LogP) is 6.80. The van der Waals surface area contributed by atoms with Gasteiger partial charge in [0, 0.05) is 11.6 Å². The van der Waals surface area contributed by atoms with E-state index >= 15 is 0 Å². The zero-order valence-corrected chi connectivity index (χ0v) is 24.2. The van der Waals surface area contributed by atoms with Gasteiger partial charge in [-0.1, -0.05) is 43.3 Å². The molecule has 0 bridgehead atoms. The van der Waals surface area contributed by atoms with E-state index < -0.39 is 5.60 Å². The van der Waals surface area contributed by atoms with Crippen LogP contribution in [0.25, 0.3) is 11.3 Å². The van der Waals surface area contributed by atoms with Gasteiger partial charge in [0.2, 0.25) is 0 Å². The molecule has 0 saturated heterocycles. The molecular formula is C34H49NO4. The second kappa shape index (κ2) is 10.3. The van der Waals surface area contributed by atoms with E-state index in [2.05, 4.69) is 50.2 Å². The first-order valence-electron chi connectivity index (χ1n) is 15.7. The monoisotopic (exact) mass is 535 g/mol. The van der Waals surface area contributed by atoms with Gasteiger partial charge in [-0.15, -0.1) is 0 Å². The Morgan fingerprint density at radius 1 is 0.949 bits per heavy atom. The normalized spacial score (nSPS) is 41.6. The number of hydrogen-bond acceptors (Lipinski definition) is 5. The van der Waals surface area contributed by atoms with Crippen LogP contribution in [0.1, 0.15) is 97.0 Å². The molecule has 6 rings (SSSR count). The van der Waals surface area contributed by atoms with Gasteiger partial charge >= 0.3 is 0 Å². The van der Waals surface area contributed by atoms with Crippen molar-refractivity contribution in [1.82, 2.24) is 5.16 Å². The highest BCUT2D eigenvalue weighted by Crippen LogP contribution is 2.66. The molecule has 0 amide bonds. The molecule has 0 aliphatic heterocycles. The number of aliphatic hydroxyl groups excluding tert-OH is 2. The van der Waals surface area contributed by atoms with Gasteiger partial charge in [-0.2, -0.15) is 0 Å². The molecule has 4 fully saturated rings. The standard InChI is InChI=1S/C34H49NO4/c1-32-16-13-28-26(20-30(37)29-19-25(36)12-17-33(28,29)2)27(32)11-10-24(21-32)34(3,38)15-4-5-22-6-8-23(9-7-22)31-14-18-35-39-31/h6-9,14,18,24-30,36-38H,4-5,10-13,15-17,19-21H2,1-3H3/t24-,25?,26-,27-,28-,29?,30-,32+,33+,34-/m0/s1. The number of aliphatic hydroxyl groups is 3. The molecule has 214 valence electrons. The lowest BCUT2D eigenvalue weighted by molar-refractivity contribution is -0.187. The van der Waals surface area contributed by atoms with Crippen LogP contribution in [0.15, 0.2) is 41.1 Å². The van der Waals surface area contributed by atoms with E-state index in [1.807, 2.05) is 6.07 Å². The van der Waals surface area contributed by atoms with Gasteiger partial charge in [0.25, 0.3) is 0 Å². The maximum atomic E-state index is 11.7. The number of aryl methyl sites for hydroxylation is 1. The van der Waals surface area contributed by atoms with Gasteiger partial charge in [-0.3, -0.25) is 0 Å². The Balaban J connectivity index is 1.07. The van der Waals surface area contributed by atoms with Gasteiger partial charge in [0.15, 0.2) is 5.76 Å². The number of rotatable bonds is 6. The first-order valence-corrected chi connectivity index (χ1v) is 15.7. The van der Waals surface area contributed by atoms with Crippen molar-refractivity contribution in [3.63, 3.8) is 0 Å². The molecule has 5 heteroatoms. The highest BCUT2D eigenvalue weighted by molar-refractivity contribution is 5.56. The summed E-state index contributed by atoms with van der Waals surface area (Å²) < 4.78 is 5.26. The molecule has 4 aliphatic carbocycles. The summed E-state index contributed by atoms with van der Waals surface area (Å²) in [5, 5.41) is 37.1. The van der Waals surface area contributed by atoms with E-state index in [4.69, 9.17) is 4.52 Å². The Morgan fingerprint density at radius 2 is 1.74 bits per heavy atom. The molecule has 1 aromatic heterocycles. The van der Waals surface area contributed by atoms with Crippen molar-refractivity contribution in [2.45, 2.75) is 116 Å². The van der Waals surface area contributed by atoms with E-state index in [0.29, 0.717) is 23.7 Å². The topological polar surface area (TPSA) is 86.7 Å². The molecule has 4 aliphatic rings. The van der Waals surface area contributed by atoms with Crippen molar-refractivity contribution in [2.24, 2.45) is 40.4 Å². The van der Waals surface area contributed by atoms with Gasteiger partial charge in [-0.25, -0.2) is 0 Å². The van der Waals surface area contributed by atoms with Crippen molar-refractivity contribution < 1.29 is 19.8 Å².